The van der Waals surface area contributed by atoms with Crippen molar-refractivity contribution < 1.29 is 39.0 Å². The van der Waals surface area contributed by atoms with Gasteiger partial charge in [-0.15, -0.1) is 0 Å². The molecule has 0 saturated heterocycles. The van der Waals surface area contributed by atoms with E-state index in [0.717, 1.165) is 0 Å². The molecule has 0 unspecified atom stereocenters. The first-order valence-electron chi connectivity index (χ1n) is 1.89. The summed E-state index contributed by atoms with van der Waals surface area (Å²) in [6.45, 7) is 1.38. The third-order valence-electron chi connectivity index (χ3n) is 0.492. The maximum Gasteiger partial charge on any atom is 1.00 e. The average Bonchev–Trinajstić information content (AvgIpc) is 1.61. The fourth-order valence-corrected chi connectivity index (χ4v) is 0.167. The Balaban J connectivity index is -0.000000125. The molecule has 0 N–H and O–H groups in total. The van der Waals surface area contributed by atoms with Crippen molar-refractivity contribution >= 4 is 8.41 Å². The quantitative estimate of drug-likeness (QED) is 0.283. The van der Waals surface area contributed by atoms with Crippen molar-refractivity contribution in [1.82, 2.24) is 0 Å². The molecule has 0 aliphatic carbocycles. The third-order valence-corrected chi connectivity index (χ3v) is 0.492. The Labute approximate surface area is 74.8 Å². The van der Waals surface area contributed by atoms with E-state index in [2.05, 4.69) is 9.47 Å². The van der Waals surface area contributed by atoms with Crippen LogP contribution in [0.25, 0.3) is 0 Å². The molecule has 8 heavy (non-hydrogen) atoms. The zero-order valence-corrected chi connectivity index (χ0v) is 7.23. The molecule has 2 nitrogen and oxygen atoms in total. The van der Waals surface area contributed by atoms with E-state index in [1.165, 1.54) is 0 Å². The minimum Gasteiger partial charge on any atom is -0.382 e. The molecule has 0 atom stereocenters. The number of ether oxygens (including phenoxy) is 2. The fourth-order valence-electron chi connectivity index (χ4n) is 0.167. The molecule has 0 amide bonds. The van der Waals surface area contributed by atoms with Crippen LogP contribution in [0.4, 0.5) is 0 Å². The Kier molecular flexibility index (Phi) is 31.3. The van der Waals surface area contributed by atoms with Gasteiger partial charge in [0.05, 0.1) is 13.2 Å². The Bertz CT molecular complexity index is 26.0. The van der Waals surface area contributed by atoms with Crippen molar-refractivity contribution in [3.05, 3.63) is 0 Å². The predicted molar refractivity (Wildman–Crippen MR) is 35.1 cm³/mol. The Morgan fingerprint density at radius 1 is 1.00 bits per heavy atom. The molecule has 0 aromatic rings. The van der Waals surface area contributed by atoms with Crippen molar-refractivity contribution in [2.45, 2.75) is 0 Å². The van der Waals surface area contributed by atoms with Gasteiger partial charge in [-0.25, -0.2) is 0 Å². The maximum absolute atomic E-state index is 4.66. The van der Waals surface area contributed by atoms with Gasteiger partial charge >= 0.3 is 29.6 Å². The Morgan fingerprint density at radius 2 is 1.25 bits per heavy atom. The maximum atomic E-state index is 4.66. The van der Waals surface area contributed by atoms with Crippen LogP contribution >= 0.6 is 0 Å². The SMILES string of the molecule is COCCOC.[BH4-].[Na+]. The number of hydrogen-bond acceptors (Lipinski definition) is 2. The fraction of sp³-hybridized carbons (Fsp3) is 1.00. The molecule has 0 aromatic heterocycles. The van der Waals surface area contributed by atoms with Crippen molar-refractivity contribution in [2.24, 2.45) is 0 Å². The molecule has 0 fully saturated rings. The minimum atomic E-state index is 0. The topological polar surface area (TPSA) is 18.5 Å². The summed E-state index contributed by atoms with van der Waals surface area (Å²) in [6, 6.07) is 0. The van der Waals surface area contributed by atoms with Crippen LogP contribution in [-0.2, 0) is 9.47 Å². The normalized spacial score (nSPS) is 6.75. The zero-order chi connectivity index (χ0) is 4.83. The summed E-state index contributed by atoms with van der Waals surface area (Å²) < 4.78 is 9.31. The van der Waals surface area contributed by atoms with Gasteiger partial charge in [0, 0.05) is 14.2 Å². The molecule has 0 bridgehead atoms. The van der Waals surface area contributed by atoms with Gasteiger partial charge in [-0.1, -0.05) is 8.41 Å². The summed E-state index contributed by atoms with van der Waals surface area (Å²) in [5.41, 5.74) is 0. The second-order valence-corrected chi connectivity index (χ2v) is 0.986. The standard InChI is InChI=1S/C4H10O2.BH4.Na/c1-5-3-4-6-2;;/h3-4H2,1-2H3;1H4;/q;-1;+1. The van der Waals surface area contributed by atoms with Crippen molar-refractivity contribution in [3.63, 3.8) is 0 Å². The van der Waals surface area contributed by atoms with Gasteiger partial charge in [0.15, 0.2) is 0 Å². The molecule has 0 aliphatic rings. The molecule has 0 heterocycles. The molecule has 0 rings (SSSR count). The largest absolute Gasteiger partial charge is 1.00 e. The van der Waals surface area contributed by atoms with E-state index in [1.807, 2.05) is 0 Å². The van der Waals surface area contributed by atoms with Crippen LogP contribution in [-0.4, -0.2) is 35.8 Å². The summed E-state index contributed by atoms with van der Waals surface area (Å²) >= 11 is 0. The van der Waals surface area contributed by atoms with Gasteiger partial charge in [-0.3, -0.25) is 0 Å². The summed E-state index contributed by atoms with van der Waals surface area (Å²) in [5.74, 6) is 0. The van der Waals surface area contributed by atoms with Crippen molar-refractivity contribution in [2.75, 3.05) is 27.4 Å². The van der Waals surface area contributed by atoms with Crippen LogP contribution in [0.5, 0.6) is 0 Å². The van der Waals surface area contributed by atoms with Gasteiger partial charge in [0.2, 0.25) is 0 Å². The zero-order valence-electron chi connectivity index (χ0n) is 5.23. The van der Waals surface area contributed by atoms with Crippen molar-refractivity contribution in [1.29, 1.82) is 0 Å². The monoisotopic (exact) mass is 128 g/mol. The number of methoxy groups -OCH3 is 2. The first-order chi connectivity index (χ1) is 2.91. The summed E-state index contributed by atoms with van der Waals surface area (Å²) in [6.07, 6.45) is 0. The third kappa shape index (κ3) is 15.8. The molecule has 0 aliphatic heterocycles. The number of rotatable bonds is 3. The molecule has 0 radical (unpaired) electrons. The van der Waals surface area contributed by atoms with E-state index in [1.54, 1.807) is 14.2 Å². The van der Waals surface area contributed by atoms with Gasteiger partial charge in [0.1, 0.15) is 0 Å². The van der Waals surface area contributed by atoms with Crippen LogP contribution in [0, 0.1) is 0 Å². The Morgan fingerprint density at radius 3 is 1.38 bits per heavy atom. The van der Waals surface area contributed by atoms with Crippen molar-refractivity contribution in [3.8, 4) is 0 Å². The summed E-state index contributed by atoms with van der Waals surface area (Å²) in [7, 11) is 3.30. The molecular weight excluding hydrogens is 114 g/mol. The van der Waals surface area contributed by atoms with E-state index >= 15 is 0 Å². The first kappa shape index (κ1) is 16.0. The van der Waals surface area contributed by atoms with E-state index in [0.29, 0.717) is 13.2 Å². The van der Waals surface area contributed by atoms with Gasteiger partial charge in [0.25, 0.3) is 0 Å². The van der Waals surface area contributed by atoms with Crippen LogP contribution in [0.2, 0.25) is 0 Å². The molecular formula is C4H14BNaO2. The van der Waals surface area contributed by atoms with E-state index in [-0.39, 0.29) is 38.0 Å². The minimum absolute atomic E-state index is 0. The number of hydrogen-bond donors (Lipinski definition) is 0. The molecule has 0 spiro atoms. The van der Waals surface area contributed by atoms with Gasteiger partial charge in [-0.2, -0.15) is 0 Å². The first-order valence-corrected chi connectivity index (χ1v) is 1.89. The van der Waals surface area contributed by atoms with Gasteiger partial charge in [-0.05, 0) is 0 Å². The van der Waals surface area contributed by atoms with Crippen LogP contribution in [0.1, 0.15) is 0 Å². The van der Waals surface area contributed by atoms with Gasteiger partial charge < -0.3 is 9.47 Å². The van der Waals surface area contributed by atoms with Crippen LogP contribution in [0.3, 0.4) is 0 Å². The van der Waals surface area contributed by atoms with E-state index < -0.39 is 0 Å². The van der Waals surface area contributed by atoms with Crippen LogP contribution < -0.4 is 29.6 Å². The molecule has 0 aromatic carbocycles. The summed E-state index contributed by atoms with van der Waals surface area (Å²) in [4.78, 5) is 0. The van der Waals surface area contributed by atoms with Crippen LogP contribution in [0.15, 0.2) is 0 Å². The second-order valence-electron chi connectivity index (χ2n) is 0.986. The Hall–Kier alpha value is 0.985. The average molecular weight is 128 g/mol. The summed E-state index contributed by atoms with van der Waals surface area (Å²) in [5, 5.41) is 0. The smallest absolute Gasteiger partial charge is 0.382 e. The molecule has 4 heteroatoms. The second kappa shape index (κ2) is 15.7. The molecule has 46 valence electrons. The van der Waals surface area contributed by atoms with E-state index in [4.69, 9.17) is 0 Å². The predicted octanol–water partition coefficient (Wildman–Crippen LogP) is -4.17. The van der Waals surface area contributed by atoms with E-state index in [9.17, 15) is 0 Å². The molecule has 0 saturated carbocycles.